The van der Waals surface area contributed by atoms with Gasteiger partial charge in [-0.3, -0.25) is 4.79 Å². The third-order valence-electron chi connectivity index (χ3n) is 2.26. The zero-order valence-corrected chi connectivity index (χ0v) is 10.4. The Morgan fingerprint density at radius 3 is 1.65 bits per heavy atom. The van der Waals surface area contributed by atoms with Crippen LogP contribution in [0.25, 0.3) is 0 Å². The summed E-state index contributed by atoms with van der Waals surface area (Å²) in [7, 11) is 1.78. The zero-order chi connectivity index (χ0) is 15.0. The summed E-state index contributed by atoms with van der Waals surface area (Å²) < 4.78 is 76.2. The number of hydrogen-bond acceptors (Lipinski definition) is 1. The normalized spacial score (nSPS) is 13.6. The first-order chi connectivity index (χ1) is 8.46. The third kappa shape index (κ3) is 4.24. The molecule has 0 spiro atoms. The molecular weight excluding hydrogens is 300 g/mol. The minimum atomic E-state index is -5.05. The number of halogens is 6. The topological polar surface area (TPSA) is 17.1 Å². The predicted molar refractivity (Wildman–Crippen MR) is 66.8 cm³/mol. The van der Waals surface area contributed by atoms with Crippen molar-refractivity contribution in [3.8, 4) is 0 Å². The third-order valence-corrected chi connectivity index (χ3v) is 2.56. The Morgan fingerprint density at radius 2 is 1.40 bits per heavy atom. The van der Waals surface area contributed by atoms with Crippen molar-refractivity contribution in [2.75, 3.05) is 0 Å². The van der Waals surface area contributed by atoms with Gasteiger partial charge in [-0.25, -0.2) is 0 Å². The van der Waals surface area contributed by atoms with Crippen molar-refractivity contribution in [2.45, 2.75) is 18.0 Å². The van der Waals surface area contributed by atoms with Crippen molar-refractivity contribution in [3.63, 3.8) is 0 Å². The summed E-state index contributed by atoms with van der Waals surface area (Å²) in [6.07, 6.45) is -10.1. The molecule has 0 saturated heterocycles. The van der Waals surface area contributed by atoms with Crippen LogP contribution in [-0.4, -0.2) is 30.3 Å². The van der Waals surface area contributed by atoms with Crippen LogP contribution in [0.4, 0.5) is 26.3 Å². The fourth-order valence-corrected chi connectivity index (χ4v) is 1.64. The molecule has 0 aliphatic rings. The number of hydrogen-bond donors (Lipinski definition) is 0. The molecule has 1 radical (unpaired) electrons. The summed E-state index contributed by atoms with van der Waals surface area (Å²) in [5.74, 6) is -1.33. The number of carbonyl (C=O) groups excluding carboxylic acids is 1. The molecule has 1 aromatic carbocycles. The Morgan fingerprint density at radius 1 is 1.05 bits per heavy atom. The molecule has 2 unspecified atom stereocenters. The molecule has 0 aromatic heterocycles. The van der Waals surface area contributed by atoms with Crippen LogP contribution >= 0.6 is 9.24 Å². The fraction of sp³-hybridized carbons (Fsp3) is 0.273. The summed E-state index contributed by atoms with van der Waals surface area (Å²) in [6, 6.07) is 1.49. The number of Topliss-reactive ketones (excluding diaryl/α,β-unsaturated/α-hetero) is 1. The first-order valence-electron chi connectivity index (χ1n) is 4.86. The van der Waals surface area contributed by atoms with Crippen LogP contribution in [-0.2, 0) is 12.4 Å². The predicted octanol–water partition coefficient (Wildman–Crippen LogP) is 3.34. The average molecular weight is 309 g/mol. The van der Waals surface area contributed by atoms with E-state index in [1.54, 1.807) is 9.24 Å². The van der Waals surface area contributed by atoms with Crippen LogP contribution in [0.2, 0.25) is 0 Å². The van der Waals surface area contributed by atoms with E-state index in [4.69, 9.17) is 0 Å². The summed E-state index contributed by atoms with van der Waals surface area (Å²) in [6.45, 7) is 3.14. The number of rotatable bonds is 2. The molecule has 2 atom stereocenters. The Balaban J connectivity index is 0.00000361. The van der Waals surface area contributed by atoms with Gasteiger partial charge in [0.25, 0.3) is 0 Å². The quantitative estimate of drug-likeness (QED) is 0.354. The summed E-state index contributed by atoms with van der Waals surface area (Å²) in [5.41, 5.74) is -5.91. The maximum absolute atomic E-state index is 12.7. The van der Waals surface area contributed by atoms with E-state index in [1.807, 2.05) is 0 Å². The molecule has 20 heavy (non-hydrogen) atoms. The second-order valence-corrected chi connectivity index (χ2v) is 4.50. The van der Waals surface area contributed by atoms with Gasteiger partial charge in [-0.1, -0.05) is 6.07 Å². The van der Waals surface area contributed by atoms with Gasteiger partial charge in [-0.2, -0.15) is 26.3 Å². The van der Waals surface area contributed by atoms with Crippen LogP contribution in [0, 0.1) is 6.92 Å². The van der Waals surface area contributed by atoms with Crippen molar-refractivity contribution in [1.29, 1.82) is 0 Å². The van der Waals surface area contributed by atoms with Crippen molar-refractivity contribution in [3.05, 3.63) is 41.8 Å². The van der Waals surface area contributed by atoms with Crippen LogP contribution in [0.15, 0.2) is 18.2 Å². The van der Waals surface area contributed by atoms with Crippen molar-refractivity contribution < 1.29 is 31.1 Å². The molecular formula is C11H9F6LiOP. The van der Waals surface area contributed by atoms with Gasteiger partial charge < -0.3 is 0 Å². The zero-order valence-electron chi connectivity index (χ0n) is 9.27. The van der Waals surface area contributed by atoms with Crippen LogP contribution in [0.3, 0.4) is 0 Å². The molecule has 9 heteroatoms. The monoisotopic (exact) mass is 309 g/mol. The maximum atomic E-state index is 12.7. The van der Waals surface area contributed by atoms with E-state index in [1.165, 1.54) is 0 Å². The van der Waals surface area contributed by atoms with Crippen LogP contribution in [0.5, 0.6) is 0 Å². The minimum absolute atomic E-state index is 0. The molecule has 0 saturated carbocycles. The Kier molecular flexibility index (Phi) is 6.35. The van der Waals surface area contributed by atoms with Crippen LogP contribution < -0.4 is 0 Å². The second kappa shape index (κ2) is 6.51. The van der Waals surface area contributed by atoms with Gasteiger partial charge in [0.1, 0.15) is 0 Å². The average Bonchev–Trinajstić information content (AvgIpc) is 2.24. The van der Waals surface area contributed by atoms with Gasteiger partial charge in [-0.05, 0) is 19.1 Å². The Bertz CT molecular complexity index is 462. The Hall–Kier alpha value is -0.503. The van der Waals surface area contributed by atoms with Gasteiger partial charge in [-0.15, -0.1) is 9.24 Å². The van der Waals surface area contributed by atoms with Gasteiger partial charge in [0.2, 0.25) is 0 Å². The summed E-state index contributed by atoms with van der Waals surface area (Å²) in [4.78, 5) is 11.6. The number of ketones is 1. The summed E-state index contributed by atoms with van der Waals surface area (Å²) >= 11 is 0. The molecule has 0 fully saturated rings. The van der Waals surface area contributed by atoms with Gasteiger partial charge >= 0.3 is 31.2 Å². The molecule has 107 valence electrons. The SMILES string of the molecule is [CH2]C(P)C(=O)c1c(C(F)(F)F)cccc1C(F)(F)F.[LiH]. The van der Waals surface area contributed by atoms with E-state index >= 15 is 0 Å². The van der Waals surface area contributed by atoms with Gasteiger partial charge in [0, 0.05) is 11.2 Å². The molecule has 1 rings (SSSR count). The van der Waals surface area contributed by atoms with Crippen molar-refractivity contribution >= 4 is 33.9 Å². The first-order valence-corrected chi connectivity index (χ1v) is 5.53. The Labute approximate surface area is 125 Å². The molecule has 0 aliphatic heterocycles. The van der Waals surface area contributed by atoms with E-state index in [2.05, 4.69) is 6.92 Å². The standard InChI is InChI=1S/C11H8F6OP.Li.H/c1-5(19)9(18)8-6(10(12,13)14)3-2-4-7(8)11(15,16)17;;/h2-5H,1,19H2;;. The molecule has 0 aliphatic carbocycles. The second-order valence-electron chi connectivity index (χ2n) is 3.69. The van der Waals surface area contributed by atoms with Gasteiger partial charge in [0.05, 0.1) is 11.1 Å². The molecule has 0 N–H and O–H groups in total. The van der Waals surface area contributed by atoms with Crippen molar-refractivity contribution in [1.82, 2.24) is 0 Å². The number of alkyl halides is 6. The van der Waals surface area contributed by atoms with E-state index in [0.717, 1.165) is 0 Å². The molecule has 0 bridgehead atoms. The number of carbonyl (C=O) groups is 1. The molecule has 1 nitrogen and oxygen atoms in total. The van der Waals surface area contributed by atoms with Gasteiger partial charge in [0.15, 0.2) is 5.78 Å². The number of benzene rings is 1. The molecule has 0 amide bonds. The van der Waals surface area contributed by atoms with E-state index < -0.39 is 40.5 Å². The first kappa shape index (κ1) is 19.5. The summed E-state index contributed by atoms with van der Waals surface area (Å²) in [5, 5.41) is 0. The van der Waals surface area contributed by atoms with E-state index in [-0.39, 0.29) is 18.9 Å². The molecule has 0 heterocycles. The van der Waals surface area contributed by atoms with E-state index in [0.29, 0.717) is 18.2 Å². The van der Waals surface area contributed by atoms with Crippen molar-refractivity contribution in [2.24, 2.45) is 0 Å². The molecule has 1 aromatic rings. The van der Waals surface area contributed by atoms with E-state index in [9.17, 15) is 31.1 Å². The fourth-order valence-electron chi connectivity index (χ4n) is 1.48. The van der Waals surface area contributed by atoms with Crippen LogP contribution in [0.1, 0.15) is 21.5 Å².